The minimum Gasteiger partial charge on any atom is -0.481 e. The van der Waals surface area contributed by atoms with E-state index in [0.29, 0.717) is 10.7 Å². The van der Waals surface area contributed by atoms with Gasteiger partial charge in [-0.2, -0.15) is 4.99 Å². The fraction of sp³-hybridized carbons (Fsp3) is 0.421. The highest BCUT2D eigenvalue weighted by Gasteiger charge is 2.39. The van der Waals surface area contributed by atoms with Crippen LogP contribution in [-0.2, 0) is 9.59 Å². The fourth-order valence-corrected chi connectivity index (χ4v) is 4.22. The highest BCUT2D eigenvalue weighted by Crippen LogP contribution is 2.31. The predicted octanol–water partition coefficient (Wildman–Crippen LogP) is 0.981. The Morgan fingerprint density at radius 1 is 1.33 bits per heavy atom. The number of carbonyl (C=O) groups excluding carboxylic acids is 2. The molecular weight excluding hydrogens is 430 g/mol. The Hall–Kier alpha value is -2.59. The Labute approximate surface area is 184 Å². The van der Waals surface area contributed by atoms with Crippen LogP contribution in [0.2, 0.25) is 0 Å². The maximum Gasteiger partial charge on any atom is 0.305 e. The number of carbonyl (C=O) groups is 3. The van der Waals surface area contributed by atoms with Crippen LogP contribution in [0.5, 0.6) is 0 Å². The molecule has 1 aromatic carbocycles. The third-order valence-electron chi connectivity index (χ3n) is 4.76. The monoisotopic (exact) mass is 453 g/mol. The van der Waals surface area contributed by atoms with Crippen molar-refractivity contribution in [1.29, 1.82) is 0 Å². The maximum absolute atomic E-state index is 12.6. The van der Waals surface area contributed by atoms with Crippen LogP contribution < -0.4 is 10.6 Å². The van der Waals surface area contributed by atoms with Crippen molar-refractivity contribution in [1.82, 2.24) is 15.5 Å². The Morgan fingerprint density at radius 2 is 2.03 bits per heavy atom. The minimum absolute atomic E-state index is 0. The Balaban J connectivity index is 0.00000320. The highest BCUT2D eigenvalue weighted by molar-refractivity contribution is 8.15. The predicted molar refractivity (Wildman–Crippen MR) is 119 cm³/mol. The van der Waals surface area contributed by atoms with Gasteiger partial charge in [-0.15, -0.1) is 12.4 Å². The van der Waals surface area contributed by atoms with Crippen LogP contribution >= 0.6 is 24.2 Å². The van der Waals surface area contributed by atoms with Crippen LogP contribution in [0.4, 0.5) is 0 Å². The fourth-order valence-electron chi connectivity index (χ4n) is 2.96. The zero-order valence-electron chi connectivity index (χ0n) is 16.6. The van der Waals surface area contributed by atoms with E-state index in [-0.39, 0.29) is 43.2 Å². The van der Waals surface area contributed by atoms with Crippen LogP contribution in [0.3, 0.4) is 0 Å². The van der Waals surface area contributed by atoms with Gasteiger partial charge in [0.25, 0.3) is 5.91 Å². The summed E-state index contributed by atoms with van der Waals surface area (Å²) in [5.74, 6) is -0.787. The summed E-state index contributed by atoms with van der Waals surface area (Å²) in [5.41, 5.74) is 1.38. The molecule has 0 aliphatic carbocycles. The van der Waals surface area contributed by atoms with E-state index in [1.165, 1.54) is 11.8 Å². The number of amides is 2. The quantitative estimate of drug-likeness (QED) is 0.586. The largest absolute Gasteiger partial charge is 0.481 e. The lowest BCUT2D eigenvalue weighted by Crippen LogP contribution is -2.41. The van der Waals surface area contributed by atoms with Crippen LogP contribution in [0.1, 0.15) is 29.3 Å². The number of aliphatic carboxylic acids is 1. The number of thioether (sulfide) groups is 1. The van der Waals surface area contributed by atoms with Gasteiger partial charge in [0.05, 0.1) is 13.0 Å². The summed E-state index contributed by atoms with van der Waals surface area (Å²) in [5, 5.41) is 14.5. The Bertz CT molecular complexity index is 874. The zero-order chi connectivity index (χ0) is 21.0. The number of benzene rings is 1. The second kappa shape index (κ2) is 10.4. The van der Waals surface area contributed by atoms with E-state index in [0.717, 1.165) is 24.5 Å². The van der Waals surface area contributed by atoms with Crippen molar-refractivity contribution >= 4 is 53.0 Å². The van der Waals surface area contributed by atoms with Gasteiger partial charge in [0.15, 0.2) is 5.17 Å². The SMILES string of the molecule is CC1C(C(=O)NCCC(=O)O)SC(=NC(=O)c2ccc(C3=NCCN3)cc2)N1C.Cl. The minimum atomic E-state index is -0.968. The molecule has 2 atom stereocenters. The molecule has 1 fully saturated rings. The summed E-state index contributed by atoms with van der Waals surface area (Å²) in [7, 11) is 1.78. The summed E-state index contributed by atoms with van der Waals surface area (Å²) < 4.78 is 0. The molecule has 3 rings (SSSR count). The molecule has 2 aliphatic heterocycles. The Kier molecular flexibility index (Phi) is 8.24. The number of carboxylic acids is 1. The summed E-state index contributed by atoms with van der Waals surface area (Å²) in [6, 6.07) is 6.91. The van der Waals surface area contributed by atoms with E-state index >= 15 is 0 Å². The van der Waals surface area contributed by atoms with Gasteiger partial charge >= 0.3 is 5.97 Å². The first-order chi connectivity index (χ1) is 13.9. The first kappa shape index (κ1) is 23.7. The maximum atomic E-state index is 12.6. The third-order valence-corrected chi connectivity index (χ3v) is 6.21. The average Bonchev–Trinajstić information content (AvgIpc) is 3.32. The Morgan fingerprint density at radius 3 is 2.63 bits per heavy atom. The summed E-state index contributed by atoms with van der Waals surface area (Å²) in [6.07, 6.45) is -0.134. The lowest BCUT2D eigenvalue weighted by atomic mass is 10.1. The molecule has 0 bridgehead atoms. The number of halogens is 1. The molecule has 11 heteroatoms. The number of aliphatic imine (C=N–C) groups is 2. The van der Waals surface area contributed by atoms with Gasteiger partial charge in [-0.25, -0.2) is 0 Å². The van der Waals surface area contributed by atoms with E-state index in [1.807, 2.05) is 19.1 Å². The second-order valence-electron chi connectivity index (χ2n) is 6.76. The first-order valence-corrected chi connectivity index (χ1v) is 10.2. The first-order valence-electron chi connectivity index (χ1n) is 9.27. The number of carboxylic acid groups (broad SMARTS) is 1. The molecule has 9 nitrogen and oxygen atoms in total. The summed E-state index contributed by atoms with van der Waals surface area (Å²) in [4.78, 5) is 45.8. The normalized spacial score (nSPS) is 21.6. The molecule has 2 unspecified atom stereocenters. The molecule has 2 aliphatic rings. The van der Waals surface area contributed by atoms with Crippen molar-refractivity contribution in [2.24, 2.45) is 9.98 Å². The molecule has 0 spiro atoms. The highest BCUT2D eigenvalue weighted by atomic mass is 35.5. The van der Waals surface area contributed by atoms with Gasteiger partial charge in [0.1, 0.15) is 11.1 Å². The molecule has 30 heavy (non-hydrogen) atoms. The number of hydrogen-bond donors (Lipinski definition) is 3. The van der Waals surface area contributed by atoms with Crippen molar-refractivity contribution in [2.45, 2.75) is 24.6 Å². The molecule has 1 aromatic rings. The van der Waals surface area contributed by atoms with Gasteiger partial charge in [-0.1, -0.05) is 23.9 Å². The van der Waals surface area contributed by atoms with Crippen LogP contribution in [0, 0.1) is 0 Å². The smallest absolute Gasteiger partial charge is 0.305 e. The van der Waals surface area contributed by atoms with Crippen molar-refractivity contribution in [3.63, 3.8) is 0 Å². The molecular formula is C19H24ClN5O4S. The number of amidine groups is 2. The lowest BCUT2D eigenvalue weighted by molar-refractivity contribution is -0.136. The number of rotatable bonds is 6. The van der Waals surface area contributed by atoms with Gasteiger partial charge in [-0.3, -0.25) is 19.4 Å². The molecule has 2 heterocycles. The molecule has 2 amide bonds. The van der Waals surface area contributed by atoms with Crippen LogP contribution in [0.25, 0.3) is 0 Å². The summed E-state index contributed by atoms with van der Waals surface area (Å²) >= 11 is 1.21. The van der Waals surface area contributed by atoms with Gasteiger partial charge in [0, 0.05) is 37.3 Å². The van der Waals surface area contributed by atoms with Crippen molar-refractivity contribution in [3.8, 4) is 0 Å². The molecule has 162 valence electrons. The van der Waals surface area contributed by atoms with E-state index in [1.54, 1.807) is 24.1 Å². The zero-order valence-corrected chi connectivity index (χ0v) is 18.3. The van der Waals surface area contributed by atoms with E-state index in [9.17, 15) is 14.4 Å². The average molecular weight is 454 g/mol. The number of hydrogen-bond acceptors (Lipinski definition) is 6. The molecule has 3 N–H and O–H groups in total. The van der Waals surface area contributed by atoms with E-state index < -0.39 is 11.2 Å². The third kappa shape index (κ3) is 5.51. The second-order valence-corrected chi connectivity index (χ2v) is 7.87. The lowest BCUT2D eigenvalue weighted by Gasteiger charge is -2.19. The van der Waals surface area contributed by atoms with E-state index in [2.05, 4.69) is 20.6 Å². The van der Waals surface area contributed by atoms with Gasteiger partial charge in [0.2, 0.25) is 5.91 Å². The standard InChI is InChI=1S/C19H23N5O4S.ClH/c1-11-15(18(28)22-8-7-14(25)26)29-19(24(11)2)23-17(27)13-5-3-12(4-6-13)16-20-9-10-21-16;/h3-6,11,15H,7-10H2,1-2H3,(H,20,21)(H,22,28)(H,25,26);1H. The van der Waals surface area contributed by atoms with Crippen LogP contribution in [-0.4, -0.2) is 76.8 Å². The van der Waals surface area contributed by atoms with Gasteiger partial charge in [-0.05, 0) is 19.1 Å². The molecule has 0 saturated carbocycles. The molecule has 0 aromatic heterocycles. The van der Waals surface area contributed by atoms with E-state index in [4.69, 9.17) is 5.11 Å². The number of nitrogens with zero attached hydrogens (tertiary/aromatic N) is 3. The van der Waals surface area contributed by atoms with Crippen molar-refractivity contribution in [2.75, 3.05) is 26.7 Å². The van der Waals surface area contributed by atoms with Crippen molar-refractivity contribution in [3.05, 3.63) is 35.4 Å². The molecule has 1 saturated heterocycles. The van der Waals surface area contributed by atoms with Gasteiger partial charge < -0.3 is 20.6 Å². The number of nitrogens with one attached hydrogen (secondary N) is 2. The topological polar surface area (TPSA) is 123 Å². The van der Waals surface area contributed by atoms with Crippen LogP contribution in [0.15, 0.2) is 34.3 Å². The molecule has 0 radical (unpaired) electrons. The van der Waals surface area contributed by atoms with Crippen molar-refractivity contribution < 1.29 is 19.5 Å². The summed E-state index contributed by atoms with van der Waals surface area (Å²) in [6.45, 7) is 3.50.